The highest BCUT2D eigenvalue weighted by molar-refractivity contribution is 9.11. The average Bonchev–Trinajstić information content (AvgIpc) is 2.43. The van der Waals surface area contributed by atoms with E-state index in [1.54, 1.807) is 32.1 Å². The van der Waals surface area contributed by atoms with Crippen LogP contribution in [0.2, 0.25) is 0 Å². The summed E-state index contributed by atoms with van der Waals surface area (Å²) < 4.78 is 5.39. The van der Waals surface area contributed by atoms with Crippen LogP contribution >= 0.6 is 15.9 Å². The molecule has 0 heterocycles. The molecule has 0 saturated carbocycles. The zero-order chi connectivity index (χ0) is 15.0. The fraction of sp³-hybridized carbons (Fsp3) is 0.357. The number of aliphatic imine (C=N–C) groups is 1. The Morgan fingerprint density at radius 2 is 1.89 bits per heavy atom. The van der Waals surface area contributed by atoms with Crippen LogP contribution < -0.4 is 0 Å². The van der Waals surface area contributed by atoms with E-state index in [1.807, 2.05) is 0 Å². The lowest BCUT2D eigenvalue weighted by Crippen LogP contribution is -2.32. The Kier molecular flexibility index (Phi) is 7.91. The minimum Gasteiger partial charge on any atom is -0.468 e. The van der Waals surface area contributed by atoms with Crippen LogP contribution in [0, 0.1) is 5.92 Å². The van der Waals surface area contributed by atoms with E-state index in [-0.39, 0.29) is 5.78 Å². The number of Topliss-reactive ketones (excluding diaryl/α,β-unsaturated/α-hetero) is 1. The minimum atomic E-state index is -0.984. The van der Waals surface area contributed by atoms with Crippen LogP contribution in [0.3, 0.4) is 0 Å². The molecule has 1 unspecified atom stereocenters. The van der Waals surface area contributed by atoms with Gasteiger partial charge >= 0.3 is 5.97 Å². The van der Waals surface area contributed by atoms with Crippen molar-refractivity contribution in [2.45, 2.75) is 13.8 Å². The highest BCUT2D eigenvalue weighted by Crippen LogP contribution is 2.13. The molecule has 0 rings (SSSR count). The molecule has 0 aliphatic heterocycles. The van der Waals surface area contributed by atoms with Crippen molar-refractivity contribution in [2.75, 3.05) is 14.2 Å². The third kappa shape index (κ3) is 5.34. The number of ether oxygens (including phenoxy) is 1. The van der Waals surface area contributed by atoms with Crippen molar-refractivity contribution < 1.29 is 14.3 Å². The Bertz CT molecular complexity index is 461. The van der Waals surface area contributed by atoms with Crippen LogP contribution in [0.25, 0.3) is 0 Å². The number of ketones is 1. The van der Waals surface area contributed by atoms with Gasteiger partial charge in [-0.2, -0.15) is 0 Å². The molecule has 4 nitrogen and oxygen atoms in total. The summed E-state index contributed by atoms with van der Waals surface area (Å²) in [7, 11) is 2.78. The SMILES string of the molecule is C=C/C(Br)=C\C=C(/C)C(=O)C(C(=O)OC)C(C)=NC. The smallest absolute Gasteiger partial charge is 0.322 e. The highest BCUT2D eigenvalue weighted by Gasteiger charge is 2.30. The van der Waals surface area contributed by atoms with Gasteiger partial charge in [-0.15, -0.1) is 0 Å². The molecule has 0 N–H and O–H groups in total. The third-order valence-corrected chi connectivity index (χ3v) is 3.13. The van der Waals surface area contributed by atoms with Gasteiger partial charge in [-0.25, -0.2) is 0 Å². The van der Waals surface area contributed by atoms with Gasteiger partial charge in [0, 0.05) is 17.2 Å². The molecule has 0 aliphatic rings. The second-order valence-electron chi connectivity index (χ2n) is 3.79. The van der Waals surface area contributed by atoms with Gasteiger partial charge in [0.2, 0.25) is 0 Å². The lowest BCUT2D eigenvalue weighted by molar-refractivity contribution is -0.145. The molecular formula is C14H18BrNO3. The summed E-state index contributed by atoms with van der Waals surface area (Å²) in [6, 6.07) is 0. The van der Waals surface area contributed by atoms with Gasteiger partial charge in [0.05, 0.1) is 7.11 Å². The number of methoxy groups -OCH3 is 1. The van der Waals surface area contributed by atoms with Crippen molar-refractivity contribution in [3.63, 3.8) is 0 Å². The summed E-state index contributed by atoms with van der Waals surface area (Å²) in [5.74, 6) is -1.91. The van der Waals surface area contributed by atoms with E-state index in [0.29, 0.717) is 11.3 Å². The Hall–Kier alpha value is -1.49. The fourth-order valence-corrected chi connectivity index (χ4v) is 1.43. The maximum atomic E-state index is 12.2. The van der Waals surface area contributed by atoms with Crippen LogP contribution in [0.4, 0.5) is 0 Å². The van der Waals surface area contributed by atoms with Gasteiger partial charge in [0.25, 0.3) is 0 Å². The molecule has 0 aliphatic carbocycles. The fourth-order valence-electron chi connectivity index (χ4n) is 1.30. The zero-order valence-corrected chi connectivity index (χ0v) is 13.2. The number of allylic oxidation sites excluding steroid dienone is 5. The van der Waals surface area contributed by atoms with Crippen molar-refractivity contribution in [3.05, 3.63) is 34.9 Å². The van der Waals surface area contributed by atoms with Gasteiger partial charge in [-0.1, -0.05) is 34.7 Å². The Balaban J connectivity index is 5.33. The van der Waals surface area contributed by atoms with Gasteiger partial charge in [-0.3, -0.25) is 14.6 Å². The van der Waals surface area contributed by atoms with Crippen LogP contribution in [0.1, 0.15) is 13.8 Å². The minimum absolute atomic E-state index is 0.324. The van der Waals surface area contributed by atoms with Crippen molar-refractivity contribution in [1.82, 2.24) is 0 Å². The van der Waals surface area contributed by atoms with E-state index in [2.05, 4.69) is 32.2 Å². The van der Waals surface area contributed by atoms with Crippen molar-refractivity contribution >= 4 is 33.4 Å². The molecule has 0 aromatic heterocycles. The summed E-state index contributed by atoms with van der Waals surface area (Å²) in [6.45, 7) is 6.85. The number of hydrogen-bond acceptors (Lipinski definition) is 4. The standard InChI is InChI=1S/C14H18BrNO3/c1-6-11(15)8-7-9(2)13(17)12(10(3)16-4)14(18)19-5/h6-8,12H,1H2,2-5H3/b9-7+,11-8+,16-10?. The van der Waals surface area contributed by atoms with E-state index < -0.39 is 11.9 Å². The first-order chi connectivity index (χ1) is 8.88. The van der Waals surface area contributed by atoms with Crippen molar-refractivity contribution in [3.8, 4) is 0 Å². The van der Waals surface area contributed by atoms with Crippen LogP contribution in [0.15, 0.2) is 39.9 Å². The largest absolute Gasteiger partial charge is 0.468 e. The normalized spacial score (nSPS) is 14.9. The molecule has 0 saturated heterocycles. The van der Waals surface area contributed by atoms with Crippen molar-refractivity contribution in [2.24, 2.45) is 10.9 Å². The predicted molar refractivity (Wildman–Crippen MR) is 80.5 cm³/mol. The number of esters is 1. The monoisotopic (exact) mass is 327 g/mol. The second-order valence-corrected chi connectivity index (χ2v) is 4.71. The zero-order valence-electron chi connectivity index (χ0n) is 11.6. The lowest BCUT2D eigenvalue weighted by atomic mass is 9.94. The number of carbonyl (C=O) groups excluding carboxylic acids is 2. The quantitative estimate of drug-likeness (QED) is 0.248. The van der Waals surface area contributed by atoms with Gasteiger partial charge in [-0.05, 0) is 25.5 Å². The average molecular weight is 328 g/mol. The van der Waals surface area contributed by atoms with E-state index in [9.17, 15) is 9.59 Å². The van der Waals surface area contributed by atoms with Gasteiger partial charge < -0.3 is 4.74 Å². The third-order valence-electron chi connectivity index (χ3n) is 2.55. The first-order valence-corrected chi connectivity index (χ1v) is 6.40. The van der Waals surface area contributed by atoms with Crippen LogP contribution in [-0.2, 0) is 14.3 Å². The molecular weight excluding hydrogens is 310 g/mol. The Labute approximate surface area is 122 Å². The second kappa shape index (κ2) is 8.58. The van der Waals surface area contributed by atoms with Gasteiger partial charge in [0.1, 0.15) is 0 Å². The maximum Gasteiger partial charge on any atom is 0.322 e. The molecule has 0 fully saturated rings. The molecule has 104 valence electrons. The molecule has 19 heavy (non-hydrogen) atoms. The van der Waals surface area contributed by atoms with Gasteiger partial charge in [0.15, 0.2) is 11.7 Å². The molecule has 1 atom stereocenters. The number of rotatable bonds is 6. The van der Waals surface area contributed by atoms with E-state index in [0.717, 1.165) is 4.48 Å². The number of hydrogen-bond donors (Lipinski definition) is 0. The maximum absolute atomic E-state index is 12.2. The van der Waals surface area contributed by atoms with E-state index in [1.165, 1.54) is 14.2 Å². The molecule has 0 amide bonds. The molecule has 5 heteroatoms. The first kappa shape index (κ1) is 17.5. The first-order valence-electron chi connectivity index (χ1n) is 5.60. The van der Waals surface area contributed by atoms with Crippen LogP contribution in [-0.4, -0.2) is 31.6 Å². The van der Waals surface area contributed by atoms with E-state index in [4.69, 9.17) is 0 Å². The number of nitrogens with zero attached hydrogens (tertiary/aromatic N) is 1. The molecule has 0 bridgehead atoms. The Morgan fingerprint density at radius 1 is 1.32 bits per heavy atom. The lowest BCUT2D eigenvalue weighted by Gasteiger charge is -2.13. The predicted octanol–water partition coefficient (Wildman–Crippen LogP) is 2.85. The topological polar surface area (TPSA) is 55.7 Å². The number of carbonyl (C=O) groups is 2. The highest BCUT2D eigenvalue weighted by atomic mass is 79.9. The van der Waals surface area contributed by atoms with Crippen LogP contribution in [0.5, 0.6) is 0 Å². The van der Waals surface area contributed by atoms with E-state index >= 15 is 0 Å². The molecule has 0 radical (unpaired) electrons. The summed E-state index contributed by atoms with van der Waals surface area (Å²) in [5.41, 5.74) is 0.869. The summed E-state index contributed by atoms with van der Waals surface area (Å²) in [5, 5.41) is 0. The summed E-state index contributed by atoms with van der Waals surface area (Å²) >= 11 is 3.25. The van der Waals surface area contributed by atoms with Crippen molar-refractivity contribution in [1.29, 1.82) is 0 Å². The molecule has 0 spiro atoms. The molecule has 0 aromatic rings. The summed E-state index contributed by atoms with van der Waals surface area (Å²) in [4.78, 5) is 27.8. The summed E-state index contributed by atoms with van der Waals surface area (Å²) in [6.07, 6.45) is 4.91. The number of halogens is 1. The molecule has 0 aromatic carbocycles. The Morgan fingerprint density at radius 3 is 2.32 bits per heavy atom.